The Morgan fingerprint density at radius 3 is 1.33 bits per heavy atom. The maximum absolute atomic E-state index is 13.3. The molecule has 2 aliphatic heterocycles. The molecule has 2 N–H and O–H groups in total. The lowest BCUT2D eigenvalue weighted by molar-refractivity contribution is -0.117. The third-order valence-electron chi connectivity index (χ3n) is 9.34. The lowest BCUT2D eigenvalue weighted by Gasteiger charge is -2.37. The normalized spacial score (nSPS) is 21.3. The molecule has 0 saturated carbocycles. The lowest BCUT2D eigenvalue weighted by Crippen LogP contribution is -2.28. The molecule has 4 aromatic rings. The molecule has 0 aromatic heterocycles. The largest absolute Gasteiger partial charge is 0.358 e. The number of Topliss-reactive ketones (excluding diaryl/α,β-unsaturated/α-hetero) is 2. The molecule has 0 fully saturated rings. The van der Waals surface area contributed by atoms with Gasteiger partial charge in [-0.25, -0.2) is 0 Å². The summed E-state index contributed by atoms with van der Waals surface area (Å²) >= 11 is 12.5. The van der Waals surface area contributed by atoms with Crippen molar-refractivity contribution in [3.8, 4) is 0 Å². The third-order valence-corrected chi connectivity index (χ3v) is 9.84. The minimum atomic E-state index is -0.151. The fourth-order valence-corrected chi connectivity index (χ4v) is 7.72. The van der Waals surface area contributed by atoms with Crippen LogP contribution in [0.5, 0.6) is 0 Å². The smallest absolute Gasteiger partial charge is 0.161 e. The highest BCUT2D eigenvalue weighted by molar-refractivity contribution is 6.30. The summed E-state index contributed by atoms with van der Waals surface area (Å²) in [5.41, 5.74) is 10.2. The van der Waals surface area contributed by atoms with Gasteiger partial charge in [0, 0.05) is 68.0 Å². The average molecular weight is 592 g/mol. The van der Waals surface area contributed by atoms with Crippen molar-refractivity contribution in [2.24, 2.45) is 0 Å². The molecule has 4 aromatic carbocycles. The van der Waals surface area contributed by atoms with Gasteiger partial charge in [-0.3, -0.25) is 9.59 Å². The first-order valence-electron chi connectivity index (χ1n) is 14.6. The van der Waals surface area contributed by atoms with Crippen LogP contribution in [0.25, 0.3) is 10.8 Å². The fourth-order valence-electron chi connectivity index (χ4n) is 7.47. The van der Waals surface area contributed by atoms with Gasteiger partial charge in [-0.05, 0) is 72.2 Å². The number of halogens is 2. The molecule has 2 unspecified atom stereocenters. The van der Waals surface area contributed by atoms with Crippen LogP contribution in [-0.4, -0.2) is 11.6 Å². The van der Waals surface area contributed by atoms with E-state index >= 15 is 0 Å². The lowest BCUT2D eigenvalue weighted by atomic mass is 9.73. The highest BCUT2D eigenvalue weighted by Crippen LogP contribution is 2.52. The minimum absolute atomic E-state index is 0.151. The Morgan fingerprint density at radius 2 is 0.929 bits per heavy atom. The second kappa shape index (κ2) is 9.86. The number of fused-ring (bicyclic) bond motifs is 5. The van der Waals surface area contributed by atoms with Crippen molar-refractivity contribution < 1.29 is 9.59 Å². The van der Waals surface area contributed by atoms with Crippen molar-refractivity contribution in [3.05, 3.63) is 128 Å². The van der Waals surface area contributed by atoms with Gasteiger partial charge in [-0.15, -0.1) is 0 Å². The van der Waals surface area contributed by atoms with Crippen molar-refractivity contribution >= 4 is 56.9 Å². The number of nitrogens with one attached hydrogen (secondary N) is 2. The molecule has 4 aliphatic rings. The molecule has 0 bridgehead atoms. The summed E-state index contributed by atoms with van der Waals surface area (Å²) in [7, 11) is 0. The van der Waals surface area contributed by atoms with E-state index in [0.29, 0.717) is 22.9 Å². The number of ketones is 2. The number of anilines is 2. The van der Waals surface area contributed by atoms with Gasteiger partial charge in [-0.1, -0.05) is 71.7 Å². The van der Waals surface area contributed by atoms with Gasteiger partial charge < -0.3 is 10.6 Å². The Hall–Kier alpha value is -3.86. The quantitative estimate of drug-likeness (QED) is 0.244. The van der Waals surface area contributed by atoms with E-state index in [4.69, 9.17) is 23.2 Å². The van der Waals surface area contributed by atoms with Gasteiger partial charge in [0.15, 0.2) is 11.6 Å². The molecule has 2 aliphatic carbocycles. The first kappa shape index (κ1) is 25.8. The predicted molar refractivity (Wildman–Crippen MR) is 170 cm³/mol. The molecule has 8 rings (SSSR count). The maximum atomic E-state index is 13.3. The number of benzene rings is 4. The number of carbonyl (C=O) groups is 2. The van der Waals surface area contributed by atoms with E-state index in [-0.39, 0.29) is 23.4 Å². The molecule has 6 heteroatoms. The second-order valence-corrected chi connectivity index (χ2v) is 12.6. The van der Waals surface area contributed by atoms with Crippen LogP contribution < -0.4 is 10.6 Å². The summed E-state index contributed by atoms with van der Waals surface area (Å²) in [5.74, 6) is 0.131. The molecule has 2 atom stereocenters. The van der Waals surface area contributed by atoms with Gasteiger partial charge in [0.1, 0.15) is 0 Å². The molecule has 4 nitrogen and oxygen atoms in total. The van der Waals surface area contributed by atoms with E-state index in [1.54, 1.807) is 0 Å². The first-order chi connectivity index (χ1) is 20.5. The zero-order chi connectivity index (χ0) is 28.5. The zero-order valence-electron chi connectivity index (χ0n) is 22.9. The van der Waals surface area contributed by atoms with E-state index < -0.39 is 0 Å². The SMILES string of the molecule is O=C1CCCC2=C1C(c1ccc(Cl)cc1)c1ccc3c4c(ccc3c1N2)C(c1ccc(Cl)cc1)C1=C(CCCC1=O)N4. The third kappa shape index (κ3) is 3.96. The summed E-state index contributed by atoms with van der Waals surface area (Å²) in [6.45, 7) is 0. The summed E-state index contributed by atoms with van der Waals surface area (Å²) in [6.07, 6.45) is 4.55. The maximum Gasteiger partial charge on any atom is 0.161 e. The van der Waals surface area contributed by atoms with Gasteiger partial charge in [0.05, 0.1) is 11.4 Å². The molecular weight excluding hydrogens is 563 g/mol. The van der Waals surface area contributed by atoms with Crippen LogP contribution in [0.2, 0.25) is 10.0 Å². The fraction of sp³-hybridized carbons (Fsp3) is 0.222. The Balaban J connectivity index is 1.34. The van der Waals surface area contributed by atoms with Gasteiger partial charge in [0.2, 0.25) is 0 Å². The molecule has 0 radical (unpaired) electrons. The Bertz CT molecular complexity index is 1750. The van der Waals surface area contributed by atoms with Crippen molar-refractivity contribution in [1.82, 2.24) is 0 Å². The van der Waals surface area contributed by atoms with Gasteiger partial charge in [-0.2, -0.15) is 0 Å². The molecule has 0 amide bonds. The Labute approximate surface area is 254 Å². The topological polar surface area (TPSA) is 58.2 Å². The van der Waals surface area contributed by atoms with Crippen molar-refractivity contribution in [2.75, 3.05) is 10.6 Å². The van der Waals surface area contributed by atoms with Gasteiger partial charge in [0.25, 0.3) is 0 Å². The average Bonchev–Trinajstić information content (AvgIpc) is 3.00. The highest BCUT2D eigenvalue weighted by atomic mass is 35.5. The number of allylic oxidation sites excluding steroid dienone is 4. The summed E-state index contributed by atoms with van der Waals surface area (Å²) in [5, 5.41) is 11.0. The first-order valence-corrected chi connectivity index (χ1v) is 15.4. The molecular formula is C36H28Cl2N2O2. The van der Waals surface area contributed by atoms with Crippen molar-refractivity contribution in [2.45, 2.75) is 50.4 Å². The molecule has 208 valence electrons. The van der Waals surface area contributed by atoms with E-state index in [0.717, 1.165) is 92.6 Å². The molecule has 0 spiro atoms. The van der Waals surface area contributed by atoms with Gasteiger partial charge >= 0.3 is 0 Å². The molecule has 42 heavy (non-hydrogen) atoms. The predicted octanol–water partition coefficient (Wildman–Crippen LogP) is 9.28. The monoisotopic (exact) mass is 590 g/mol. The van der Waals surface area contributed by atoms with Crippen LogP contribution in [0.3, 0.4) is 0 Å². The van der Waals surface area contributed by atoms with E-state index in [9.17, 15) is 9.59 Å². The van der Waals surface area contributed by atoms with E-state index in [1.807, 2.05) is 48.5 Å². The number of rotatable bonds is 2. The standard InChI is InChI=1S/C36H28Cl2N2O2/c37-21-11-7-19(8-12-21)31-25-17-16-24-23(35(25)39-27-3-1-5-29(41)33(27)31)15-18-26-32(20-9-13-22(38)14-10-20)34-28(40-36(24)26)4-2-6-30(34)42/h7-18,31-32,39-40H,1-6H2. The van der Waals surface area contributed by atoms with Crippen LogP contribution in [0.4, 0.5) is 11.4 Å². The number of hydrogen-bond donors (Lipinski definition) is 2. The van der Waals surface area contributed by atoms with Crippen molar-refractivity contribution in [1.29, 1.82) is 0 Å². The molecule has 0 saturated heterocycles. The Kier molecular flexibility index (Phi) is 6.06. The summed E-state index contributed by atoms with van der Waals surface area (Å²) < 4.78 is 0. The number of carbonyl (C=O) groups excluding carboxylic acids is 2. The van der Waals surface area contributed by atoms with Crippen LogP contribution in [-0.2, 0) is 9.59 Å². The van der Waals surface area contributed by atoms with E-state index in [1.165, 1.54) is 0 Å². The minimum Gasteiger partial charge on any atom is -0.358 e. The van der Waals surface area contributed by atoms with Crippen LogP contribution in [0, 0.1) is 0 Å². The summed E-state index contributed by atoms with van der Waals surface area (Å²) in [6, 6.07) is 24.5. The zero-order valence-corrected chi connectivity index (χ0v) is 24.4. The number of hydrogen-bond acceptors (Lipinski definition) is 4. The second-order valence-electron chi connectivity index (χ2n) is 11.7. The Morgan fingerprint density at radius 1 is 0.524 bits per heavy atom. The van der Waals surface area contributed by atoms with Crippen LogP contribution in [0.1, 0.15) is 72.6 Å². The van der Waals surface area contributed by atoms with Crippen molar-refractivity contribution in [3.63, 3.8) is 0 Å². The summed E-state index contributed by atoms with van der Waals surface area (Å²) in [4.78, 5) is 26.6. The molecule has 2 heterocycles. The van der Waals surface area contributed by atoms with Crippen LogP contribution in [0.15, 0.2) is 95.3 Å². The van der Waals surface area contributed by atoms with E-state index in [2.05, 4.69) is 34.9 Å². The highest BCUT2D eigenvalue weighted by Gasteiger charge is 2.38. The van der Waals surface area contributed by atoms with Crippen LogP contribution >= 0.6 is 23.2 Å².